The summed E-state index contributed by atoms with van der Waals surface area (Å²) in [4.78, 5) is 31.3. The van der Waals surface area contributed by atoms with E-state index in [0.29, 0.717) is 21.6 Å². The van der Waals surface area contributed by atoms with Crippen LogP contribution in [0.5, 0.6) is 0 Å². The first-order chi connectivity index (χ1) is 12.6. The molecule has 2 N–H and O–H groups in total. The van der Waals surface area contributed by atoms with Crippen molar-refractivity contribution in [3.63, 3.8) is 0 Å². The Balaban J connectivity index is 1.83. The van der Waals surface area contributed by atoms with Crippen molar-refractivity contribution in [3.05, 3.63) is 87.3 Å². The second kappa shape index (κ2) is 6.57. The molecule has 0 aliphatic heterocycles. The van der Waals surface area contributed by atoms with Gasteiger partial charge in [-0.25, -0.2) is 9.78 Å². The minimum absolute atomic E-state index is 0.204. The number of carboxylic acids is 1. The van der Waals surface area contributed by atoms with E-state index in [1.165, 1.54) is 11.3 Å². The van der Waals surface area contributed by atoms with Crippen LogP contribution in [0.25, 0.3) is 21.3 Å². The van der Waals surface area contributed by atoms with Gasteiger partial charge in [-0.1, -0.05) is 48.5 Å². The van der Waals surface area contributed by atoms with Crippen LogP contribution in [0.1, 0.15) is 21.7 Å². The number of fused-ring (bicyclic) bond motifs is 1. The zero-order valence-electron chi connectivity index (χ0n) is 13.6. The van der Waals surface area contributed by atoms with E-state index < -0.39 is 5.97 Å². The largest absolute Gasteiger partial charge is 0.478 e. The molecule has 0 saturated carbocycles. The van der Waals surface area contributed by atoms with Gasteiger partial charge in [-0.3, -0.25) is 4.79 Å². The lowest BCUT2D eigenvalue weighted by molar-refractivity contribution is 0.0696. The molecule has 4 aromatic rings. The van der Waals surface area contributed by atoms with E-state index in [0.717, 1.165) is 11.1 Å². The average molecular weight is 362 g/mol. The molecule has 0 bridgehead atoms. The van der Waals surface area contributed by atoms with Crippen LogP contribution in [0.4, 0.5) is 0 Å². The maximum absolute atomic E-state index is 12.5. The molecular formula is C20H14N2O3S. The normalized spacial score (nSPS) is 10.9. The first-order valence-corrected chi connectivity index (χ1v) is 8.88. The van der Waals surface area contributed by atoms with Gasteiger partial charge in [0.2, 0.25) is 0 Å². The van der Waals surface area contributed by atoms with Crippen LogP contribution in [-0.4, -0.2) is 21.0 Å². The van der Waals surface area contributed by atoms with Crippen molar-refractivity contribution >= 4 is 27.5 Å². The molecule has 128 valence electrons. The predicted molar refractivity (Wildman–Crippen MR) is 102 cm³/mol. The summed E-state index contributed by atoms with van der Waals surface area (Å²) in [5.74, 6) is -0.545. The van der Waals surface area contributed by atoms with Crippen LogP contribution < -0.4 is 5.56 Å². The molecule has 5 nitrogen and oxygen atoms in total. The molecule has 0 radical (unpaired) electrons. The van der Waals surface area contributed by atoms with Crippen LogP contribution in [0.15, 0.2) is 64.8 Å². The Hall–Kier alpha value is -3.25. The molecule has 26 heavy (non-hydrogen) atoms. The van der Waals surface area contributed by atoms with Crippen molar-refractivity contribution in [2.45, 2.75) is 6.42 Å². The quantitative estimate of drug-likeness (QED) is 0.576. The number of benzene rings is 2. The van der Waals surface area contributed by atoms with Gasteiger partial charge in [-0.05, 0) is 17.2 Å². The van der Waals surface area contributed by atoms with Gasteiger partial charge in [0.25, 0.3) is 5.56 Å². The lowest BCUT2D eigenvalue weighted by atomic mass is 10.0. The van der Waals surface area contributed by atoms with Crippen molar-refractivity contribution in [1.29, 1.82) is 0 Å². The molecule has 0 amide bonds. The van der Waals surface area contributed by atoms with Gasteiger partial charge >= 0.3 is 5.97 Å². The Morgan fingerprint density at radius 2 is 1.81 bits per heavy atom. The first kappa shape index (κ1) is 16.2. The second-order valence-corrected chi connectivity index (χ2v) is 6.72. The van der Waals surface area contributed by atoms with Crippen molar-refractivity contribution in [1.82, 2.24) is 9.97 Å². The summed E-state index contributed by atoms with van der Waals surface area (Å²) in [5, 5.41) is 11.3. The number of aromatic carboxylic acids is 1. The zero-order valence-corrected chi connectivity index (χ0v) is 14.4. The Morgan fingerprint density at radius 3 is 2.58 bits per heavy atom. The molecule has 2 aromatic heterocycles. The van der Waals surface area contributed by atoms with Crippen LogP contribution in [0, 0.1) is 0 Å². The lowest BCUT2D eigenvalue weighted by Crippen LogP contribution is -2.12. The maximum Gasteiger partial charge on any atom is 0.335 e. The topological polar surface area (TPSA) is 83.0 Å². The van der Waals surface area contributed by atoms with Crippen LogP contribution in [0.3, 0.4) is 0 Å². The van der Waals surface area contributed by atoms with E-state index >= 15 is 0 Å². The van der Waals surface area contributed by atoms with E-state index in [9.17, 15) is 14.7 Å². The molecule has 0 atom stereocenters. The number of H-pyrrole nitrogens is 1. The molecule has 0 aliphatic rings. The molecular weight excluding hydrogens is 348 g/mol. The Kier molecular flexibility index (Phi) is 4.10. The standard InChI is InChI=1S/C20H14N2O3S/c23-19-18-17(15(11-26-18)12-6-2-1-3-7-12)21-16(22-19)10-13-8-4-5-9-14(13)20(24)25/h1-9,11H,10H2,(H,24,25)(H,21,22,23). The molecule has 0 spiro atoms. The van der Waals surface area contributed by atoms with Crippen molar-refractivity contribution in [3.8, 4) is 11.1 Å². The van der Waals surface area contributed by atoms with E-state index in [1.54, 1.807) is 24.3 Å². The third kappa shape index (κ3) is 2.91. The summed E-state index contributed by atoms with van der Waals surface area (Å²) in [6.07, 6.45) is 0.248. The SMILES string of the molecule is O=C(O)c1ccccc1Cc1nc2c(-c3ccccc3)csc2c(=O)[nH]1. The minimum atomic E-state index is -0.996. The Morgan fingerprint density at radius 1 is 1.08 bits per heavy atom. The molecule has 0 fully saturated rings. The van der Waals surface area contributed by atoms with Crippen molar-refractivity contribution < 1.29 is 9.90 Å². The van der Waals surface area contributed by atoms with Crippen LogP contribution >= 0.6 is 11.3 Å². The fourth-order valence-corrected chi connectivity index (χ4v) is 3.85. The van der Waals surface area contributed by atoms with Gasteiger partial charge < -0.3 is 10.1 Å². The van der Waals surface area contributed by atoms with E-state index in [4.69, 9.17) is 0 Å². The number of hydrogen-bond donors (Lipinski definition) is 2. The molecule has 0 aliphatic carbocycles. The number of carbonyl (C=O) groups is 1. The number of rotatable bonds is 4. The highest BCUT2D eigenvalue weighted by molar-refractivity contribution is 7.17. The number of thiophene rings is 1. The van der Waals surface area contributed by atoms with E-state index in [1.807, 2.05) is 35.7 Å². The van der Waals surface area contributed by atoms with Gasteiger partial charge in [-0.15, -0.1) is 11.3 Å². The van der Waals surface area contributed by atoms with Crippen LogP contribution in [-0.2, 0) is 6.42 Å². The lowest BCUT2D eigenvalue weighted by Gasteiger charge is -2.06. The van der Waals surface area contributed by atoms with E-state index in [-0.39, 0.29) is 17.5 Å². The van der Waals surface area contributed by atoms with Crippen LogP contribution in [0.2, 0.25) is 0 Å². The highest BCUT2D eigenvalue weighted by atomic mass is 32.1. The second-order valence-electron chi connectivity index (χ2n) is 5.84. The molecule has 0 unspecified atom stereocenters. The summed E-state index contributed by atoms with van der Waals surface area (Å²) < 4.78 is 0.569. The molecule has 4 rings (SSSR count). The van der Waals surface area contributed by atoms with Gasteiger partial charge in [0.1, 0.15) is 10.5 Å². The highest BCUT2D eigenvalue weighted by Gasteiger charge is 2.15. The van der Waals surface area contributed by atoms with Gasteiger partial charge in [0, 0.05) is 17.4 Å². The average Bonchev–Trinajstić information content (AvgIpc) is 3.07. The fraction of sp³-hybridized carbons (Fsp3) is 0.0500. The van der Waals surface area contributed by atoms with Gasteiger partial charge in [0.05, 0.1) is 11.1 Å². The monoisotopic (exact) mass is 362 g/mol. The Bertz CT molecular complexity index is 1160. The van der Waals surface area contributed by atoms with Crippen molar-refractivity contribution in [2.24, 2.45) is 0 Å². The Labute approximate surface area is 152 Å². The third-order valence-corrected chi connectivity index (χ3v) is 5.13. The van der Waals surface area contributed by atoms with E-state index in [2.05, 4.69) is 9.97 Å². The summed E-state index contributed by atoms with van der Waals surface area (Å²) >= 11 is 1.36. The highest BCUT2D eigenvalue weighted by Crippen LogP contribution is 2.30. The molecule has 0 saturated heterocycles. The third-order valence-electron chi connectivity index (χ3n) is 4.17. The molecule has 2 heterocycles. The molecule has 6 heteroatoms. The number of aromatic nitrogens is 2. The summed E-state index contributed by atoms with van der Waals surface area (Å²) in [6, 6.07) is 16.5. The number of nitrogens with zero attached hydrogens (tertiary/aromatic N) is 1. The number of nitrogens with one attached hydrogen (secondary N) is 1. The van der Waals surface area contributed by atoms with Gasteiger partial charge in [-0.2, -0.15) is 0 Å². The van der Waals surface area contributed by atoms with Gasteiger partial charge in [0.15, 0.2) is 0 Å². The summed E-state index contributed by atoms with van der Waals surface area (Å²) in [7, 11) is 0. The summed E-state index contributed by atoms with van der Waals surface area (Å²) in [5.41, 5.74) is 3.17. The maximum atomic E-state index is 12.5. The number of aromatic amines is 1. The zero-order chi connectivity index (χ0) is 18.1. The first-order valence-electron chi connectivity index (χ1n) is 8.00. The fourth-order valence-electron chi connectivity index (χ4n) is 2.94. The smallest absolute Gasteiger partial charge is 0.335 e. The molecule has 2 aromatic carbocycles. The summed E-state index contributed by atoms with van der Waals surface area (Å²) in [6.45, 7) is 0. The number of carboxylic acid groups (broad SMARTS) is 1. The minimum Gasteiger partial charge on any atom is -0.478 e. The number of hydrogen-bond acceptors (Lipinski definition) is 4. The predicted octanol–water partition coefficient (Wildman–Crippen LogP) is 3.94. The van der Waals surface area contributed by atoms with Crippen molar-refractivity contribution in [2.75, 3.05) is 0 Å².